The molecule has 0 aliphatic carbocycles. The van der Waals surface area contributed by atoms with Crippen LogP contribution in [0.2, 0.25) is 10.0 Å². The molecule has 1 amide bonds. The molecule has 4 aromatic rings. The Morgan fingerprint density at radius 2 is 1.70 bits per heavy atom. The minimum absolute atomic E-state index is 0.0134. The van der Waals surface area contributed by atoms with Crippen LogP contribution in [0.4, 0.5) is 0 Å². The number of nitrogens with zero attached hydrogens (tertiary/aromatic N) is 2. The van der Waals surface area contributed by atoms with Gasteiger partial charge in [-0.25, -0.2) is 0 Å². The number of carbonyl (C=O) groups excluding carboxylic acids is 1. The number of β-amino-alcohol motifs (C(OH)–C–C–N with tert-alkyl or cyclic N) is 1. The van der Waals surface area contributed by atoms with Gasteiger partial charge in [0.2, 0.25) is 5.91 Å². The van der Waals surface area contributed by atoms with E-state index in [9.17, 15) is 29.7 Å². The lowest BCUT2D eigenvalue weighted by atomic mass is 9.96. The Bertz CT molecular complexity index is 2100. The van der Waals surface area contributed by atoms with Gasteiger partial charge in [0.1, 0.15) is 36.0 Å². The molecule has 57 heavy (non-hydrogen) atoms. The maximum atomic E-state index is 11.8. The molecule has 5 rings (SSSR count). The number of hydrogen-bond donors (Lipinski definition) is 6. The molecule has 2 heterocycles. The third-order valence-electron chi connectivity index (χ3n) is 9.90. The van der Waals surface area contributed by atoms with Crippen molar-refractivity contribution in [2.24, 2.45) is 5.73 Å². The Kier molecular flexibility index (Phi) is 14.4. The van der Waals surface area contributed by atoms with Crippen LogP contribution in [0.5, 0.6) is 17.2 Å². The van der Waals surface area contributed by atoms with Gasteiger partial charge in [0, 0.05) is 61.3 Å². The summed E-state index contributed by atoms with van der Waals surface area (Å²) in [4.78, 5) is 40.7. The number of nitrogens with one attached hydrogen (secondary N) is 1. The number of likely N-dealkylation sites (tertiary alicyclic amines) is 1. The number of hydrogen-bond acceptors (Lipinski definition) is 11. The second kappa shape index (κ2) is 19.0. The first-order valence-electron chi connectivity index (χ1n) is 18.2. The van der Waals surface area contributed by atoms with Crippen molar-refractivity contribution in [2.45, 2.75) is 64.0 Å². The molecule has 2 atom stereocenters. The zero-order chi connectivity index (χ0) is 41.3. The van der Waals surface area contributed by atoms with Crippen molar-refractivity contribution in [1.82, 2.24) is 15.2 Å². The fourth-order valence-electron chi connectivity index (χ4n) is 6.46. The lowest BCUT2D eigenvalue weighted by Gasteiger charge is -2.25. The van der Waals surface area contributed by atoms with Crippen LogP contribution in [-0.2, 0) is 29.3 Å². The first-order chi connectivity index (χ1) is 27.1. The number of carbonyl (C=O) groups is 3. The molecule has 3 aromatic carbocycles. The molecule has 7 N–H and O–H groups in total. The summed E-state index contributed by atoms with van der Waals surface area (Å²) < 4.78 is 18.4. The number of aliphatic carboxylic acids is 2. The van der Waals surface area contributed by atoms with Gasteiger partial charge in [-0.05, 0) is 61.6 Å². The Morgan fingerprint density at radius 3 is 2.42 bits per heavy atom. The largest absolute Gasteiger partial charge is 0.492 e. The van der Waals surface area contributed by atoms with E-state index in [-0.39, 0.29) is 36.8 Å². The van der Waals surface area contributed by atoms with Crippen LogP contribution >= 0.6 is 23.2 Å². The molecule has 1 aliphatic rings. The first kappa shape index (κ1) is 43.2. The van der Waals surface area contributed by atoms with E-state index in [1.165, 1.54) is 19.3 Å². The molecule has 16 heteroatoms. The van der Waals surface area contributed by atoms with E-state index in [1.807, 2.05) is 42.2 Å². The number of aliphatic hydroxyl groups is 2. The van der Waals surface area contributed by atoms with Crippen LogP contribution in [0.25, 0.3) is 11.1 Å². The van der Waals surface area contributed by atoms with Crippen LogP contribution in [0.15, 0.2) is 67.0 Å². The van der Waals surface area contributed by atoms with Crippen LogP contribution in [0.3, 0.4) is 0 Å². The van der Waals surface area contributed by atoms with Gasteiger partial charge in [-0.1, -0.05) is 53.5 Å². The van der Waals surface area contributed by atoms with Gasteiger partial charge >= 0.3 is 11.9 Å². The van der Waals surface area contributed by atoms with E-state index in [1.54, 1.807) is 24.3 Å². The highest BCUT2D eigenvalue weighted by Crippen LogP contribution is 2.39. The number of halogens is 2. The molecule has 0 bridgehead atoms. The fraction of sp³-hybridized carbons (Fsp3) is 0.366. The summed E-state index contributed by atoms with van der Waals surface area (Å²) in [6.07, 6.45) is 3.68. The second-order valence-electron chi connectivity index (χ2n) is 14.3. The number of primary amides is 1. The summed E-state index contributed by atoms with van der Waals surface area (Å²) in [5, 5.41) is 42.6. The SMILES string of the molecule is Cc1c(COc2cc(OCc3cncc(C(N)=O)c3)c(CN[C@@](C)(CO)C(=O)O)cc2Cl)cccc1-c1cccc(OCCCN2CCC(O)(CC(=O)O)C2)c1Cl. The number of carboxylic acids is 2. The minimum Gasteiger partial charge on any atom is -0.492 e. The maximum absolute atomic E-state index is 11.8. The monoisotopic (exact) mass is 824 g/mol. The number of ether oxygens (including phenoxy) is 3. The lowest BCUT2D eigenvalue weighted by molar-refractivity contribution is -0.146. The van der Waals surface area contributed by atoms with E-state index in [0.29, 0.717) is 72.5 Å². The summed E-state index contributed by atoms with van der Waals surface area (Å²) in [6, 6.07) is 16.1. The van der Waals surface area contributed by atoms with Gasteiger partial charge in [0.05, 0.1) is 40.8 Å². The van der Waals surface area contributed by atoms with Crippen LogP contribution in [0.1, 0.15) is 58.8 Å². The van der Waals surface area contributed by atoms with Crippen molar-refractivity contribution in [3.05, 3.63) is 105 Å². The van der Waals surface area contributed by atoms with Crippen LogP contribution < -0.4 is 25.3 Å². The Morgan fingerprint density at radius 1 is 0.965 bits per heavy atom. The highest BCUT2D eigenvalue weighted by Gasteiger charge is 2.37. The molecular formula is C41H46Cl2N4O10. The van der Waals surface area contributed by atoms with Crippen molar-refractivity contribution < 1.29 is 49.0 Å². The van der Waals surface area contributed by atoms with Crippen molar-refractivity contribution >= 4 is 41.0 Å². The second-order valence-corrected chi connectivity index (χ2v) is 15.1. The zero-order valence-electron chi connectivity index (χ0n) is 31.6. The third kappa shape index (κ3) is 11.1. The first-order valence-corrected chi connectivity index (χ1v) is 18.9. The van der Waals surface area contributed by atoms with Gasteiger partial charge < -0.3 is 45.3 Å². The van der Waals surface area contributed by atoms with Gasteiger partial charge in [0.15, 0.2) is 0 Å². The normalized spacial score (nSPS) is 16.5. The van der Waals surface area contributed by atoms with Gasteiger partial charge in [-0.2, -0.15) is 0 Å². The molecule has 1 saturated heterocycles. The molecular weight excluding hydrogens is 779 g/mol. The summed E-state index contributed by atoms with van der Waals surface area (Å²) in [7, 11) is 0. The number of nitrogens with two attached hydrogens (primary N) is 1. The molecule has 1 aliphatic heterocycles. The molecule has 1 aromatic heterocycles. The molecule has 0 spiro atoms. The van der Waals surface area contributed by atoms with Crippen molar-refractivity contribution in [3.63, 3.8) is 0 Å². The van der Waals surface area contributed by atoms with Crippen molar-refractivity contribution in [2.75, 3.05) is 32.8 Å². The predicted octanol–water partition coefficient (Wildman–Crippen LogP) is 5.23. The van der Waals surface area contributed by atoms with Crippen LogP contribution in [-0.4, -0.2) is 92.1 Å². The topological polar surface area (TPSA) is 214 Å². The van der Waals surface area contributed by atoms with E-state index in [2.05, 4.69) is 10.3 Å². The van der Waals surface area contributed by atoms with Crippen molar-refractivity contribution in [1.29, 1.82) is 0 Å². The molecule has 0 radical (unpaired) electrons. The van der Waals surface area contributed by atoms with Crippen molar-refractivity contribution in [3.8, 4) is 28.4 Å². The van der Waals surface area contributed by atoms with E-state index < -0.39 is 35.6 Å². The van der Waals surface area contributed by atoms with Gasteiger partial charge in [-0.3, -0.25) is 24.7 Å². The Labute approximate surface area is 340 Å². The molecule has 304 valence electrons. The van der Waals surface area contributed by atoms with Crippen LogP contribution in [0, 0.1) is 6.92 Å². The Hall–Kier alpha value is -4.96. The smallest absolute Gasteiger partial charge is 0.326 e. The summed E-state index contributed by atoms with van der Waals surface area (Å²) in [6.45, 7) is 4.68. The average molecular weight is 826 g/mol. The molecule has 0 saturated carbocycles. The Balaban J connectivity index is 1.29. The quantitative estimate of drug-likeness (QED) is 0.0631. The summed E-state index contributed by atoms with van der Waals surface area (Å²) >= 11 is 13.6. The highest BCUT2D eigenvalue weighted by molar-refractivity contribution is 6.35. The number of aromatic nitrogens is 1. The number of benzene rings is 3. The summed E-state index contributed by atoms with van der Waals surface area (Å²) in [5.74, 6) is -1.77. The molecule has 1 unspecified atom stereocenters. The average Bonchev–Trinajstić information content (AvgIpc) is 3.54. The molecule has 14 nitrogen and oxygen atoms in total. The van der Waals surface area contributed by atoms with Gasteiger partial charge in [-0.15, -0.1) is 0 Å². The predicted molar refractivity (Wildman–Crippen MR) is 213 cm³/mol. The number of carboxylic acid groups (broad SMARTS) is 2. The number of amides is 1. The van der Waals surface area contributed by atoms with E-state index >= 15 is 0 Å². The van der Waals surface area contributed by atoms with E-state index in [4.69, 9.17) is 48.3 Å². The van der Waals surface area contributed by atoms with E-state index in [0.717, 1.165) is 22.3 Å². The third-order valence-corrected chi connectivity index (χ3v) is 10.6. The zero-order valence-corrected chi connectivity index (χ0v) is 33.1. The molecule has 1 fully saturated rings. The highest BCUT2D eigenvalue weighted by atomic mass is 35.5. The minimum atomic E-state index is -1.63. The number of rotatable bonds is 20. The van der Waals surface area contributed by atoms with Gasteiger partial charge in [0.25, 0.3) is 0 Å². The summed E-state index contributed by atoms with van der Waals surface area (Å²) in [5.41, 5.74) is 7.23. The maximum Gasteiger partial charge on any atom is 0.326 e. The standard InChI is InChI=1S/C41H46Cl2N4O10/c1-25-27(6-3-7-30(25)31-8-4-9-33(37(31)43)55-13-5-11-47-12-10-41(54,23-47)17-36(49)50)22-57-35-16-34(56-21-26-14-29(38(44)51)19-45-18-26)28(15-32(35)42)20-46-40(2,24-48)39(52)53/h3-4,6-9,14-16,18-19,46,48,54H,5,10-13,17,20-24H2,1-2H3,(H2,44,51)(H,49,50)(H,52,53)/t40-,41?/m0/s1. The number of aliphatic hydroxyl groups excluding tert-OH is 1. The number of pyridine rings is 1. The lowest BCUT2D eigenvalue weighted by Crippen LogP contribution is -2.52. The fourth-order valence-corrected chi connectivity index (χ4v) is 6.98.